The van der Waals surface area contributed by atoms with Crippen molar-refractivity contribution in [3.63, 3.8) is 0 Å². The van der Waals surface area contributed by atoms with Crippen molar-refractivity contribution in [2.24, 2.45) is 10.9 Å². The van der Waals surface area contributed by atoms with Crippen molar-refractivity contribution in [2.75, 3.05) is 40.0 Å². The Morgan fingerprint density at radius 3 is 2.89 bits per heavy atom. The van der Waals surface area contributed by atoms with Crippen LogP contribution in [0, 0.1) is 5.92 Å². The molecule has 0 aromatic carbocycles. The number of ether oxygens (including phenoxy) is 2. The standard InChI is InChI=1S/C17H25F3N4O2.HI/c1-3-21-16(24-7-5-14(10-24)11-25-2)23-9-13-4-6-22-15(8-13)26-12-17(18,19)20;/h4,6,8,14H,3,5,7,9-12H2,1-2H3,(H,21,23);1H. The van der Waals surface area contributed by atoms with Crippen LogP contribution in [-0.2, 0) is 11.3 Å². The van der Waals surface area contributed by atoms with E-state index < -0.39 is 12.8 Å². The number of hydrogen-bond donors (Lipinski definition) is 1. The van der Waals surface area contributed by atoms with Gasteiger partial charge < -0.3 is 19.7 Å². The number of aliphatic imine (C=N–C) groups is 1. The van der Waals surface area contributed by atoms with E-state index in [1.54, 1.807) is 13.2 Å². The molecule has 1 N–H and O–H groups in total. The predicted octanol–water partition coefficient (Wildman–Crippen LogP) is 3.07. The summed E-state index contributed by atoms with van der Waals surface area (Å²) in [6, 6.07) is 3.20. The summed E-state index contributed by atoms with van der Waals surface area (Å²) in [5.41, 5.74) is 0.736. The molecule has 1 saturated heterocycles. The van der Waals surface area contributed by atoms with Crippen LogP contribution in [0.25, 0.3) is 0 Å². The summed E-state index contributed by atoms with van der Waals surface area (Å²) in [4.78, 5) is 10.6. The Bertz CT molecular complexity index is 602. The van der Waals surface area contributed by atoms with E-state index in [1.807, 2.05) is 6.92 Å². The molecule has 1 atom stereocenters. The largest absolute Gasteiger partial charge is 0.468 e. The zero-order valence-electron chi connectivity index (χ0n) is 15.5. The summed E-state index contributed by atoms with van der Waals surface area (Å²) in [5, 5.41) is 3.26. The quantitative estimate of drug-likeness (QED) is 0.353. The number of nitrogens with zero attached hydrogens (tertiary/aromatic N) is 3. The molecule has 2 rings (SSSR count). The van der Waals surface area contributed by atoms with Crippen LogP contribution in [0.3, 0.4) is 0 Å². The highest BCUT2D eigenvalue weighted by Gasteiger charge is 2.28. The maximum absolute atomic E-state index is 12.2. The average Bonchev–Trinajstić information content (AvgIpc) is 3.05. The molecular weight excluding hydrogens is 476 g/mol. The van der Waals surface area contributed by atoms with Crippen molar-refractivity contribution in [3.05, 3.63) is 23.9 Å². The van der Waals surface area contributed by atoms with Crippen LogP contribution in [0.15, 0.2) is 23.3 Å². The van der Waals surface area contributed by atoms with Gasteiger partial charge in [0.25, 0.3) is 0 Å². The zero-order valence-corrected chi connectivity index (χ0v) is 17.8. The molecule has 1 fully saturated rings. The fourth-order valence-electron chi connectivity index (χ4n) is 2.77. The van der Waals surface area contributed by atoms with Crippen LogP contribution in [0.5, 0.6) is 5.88 Å². The number of nitrogens with one attached hydrogen (secondary N) is 1. The molecule has 0 saturated carbocycles. The first-order chi connectivity index (χ1) is 12.4. The topological polar surface area (TPSA) is 59.0 Å². The Labute approximate surface area is 174 Å². The number of rotatable bonds is 7. The number of guanidine groups is 1. The van der Waals surface area contributed by atoms with Crippen LogP contribution in [-0.4, -0.2) is 62.0 Å². The first-order valence-electron chi connectivity index (χ1n) is 8.58. The highest BCUT2D eigenvalue weighted by molar-refractivity contribution is 14.0. The van der Waals surface area contributed by atoms with Gasteiger partial charge in [0.05, 0.1) is 13.2 Å². The zero-order chi connectivity index (χ0) is 19.0. The normalized spacial score (nSPS) is 17.6. The second-order valence-electron chi connectivity index (χ2n) is 6.13. The van der Waals surface area contributed by atoms with Gasteiger partial charge in [0, 0.05) is 44.9 Å². The molecule has 1 unspecified atom stereocenters. The van der Waals surface area contributed by atoms with Gasteiger partial charge in [0.1, 0.15) is 0 Å². The number of halogens is 4. The number of hydrogen-bond acceptors (Lipinski definition) is 4. The lowest BCUT2D eigenvalue weighted by atomic mass is 10.1. The van der Waals surface area contributed by atoms with E-state index in [0.29, 0.717) is 12.5 Å². The van der Waals surface area contributed by atoms with Gasteiger partial charge in [0.15, 0.2) is 12.6 Å². The molecule has 0 radical (unpaired) electrons. The van der Waals surface area contributed by atoms with Gasteiger partial charge in [-0.1, -0.05) is 0 Å². The van der Waals surface area contributed by atoms with Gasteiger partial charge in [-0.25, -0.2) is 9.98 Å². The van der Waals surface area contributed by atoms with Crippen molar-refractivity contribution < 1.29 is 22.6 Å². The lowest BCUT2D eigenvalue weighted by Gasteiger charge is -2.21. The molecule has 6 nitrogen and oxygen atoms in total. The lowest BCUT2D eigenvalue weighted by molar-refractivity contribution is -0.154. The van der Waals surface area contributed by atoms with Crippen LogP contribution in [0.2, 0.25) is 0 Å². The first-order valence-corrected chi connectivity index (χ1v) is 8.58. The number of alkyl halides is 3. The van der Waals surface area contributed by atoms with Crippen LogP contribution in [0.4, 0.5) is 13.2 Å². The van der Waals surface area contributed by atoms with Gasteiger partial charge in [-0.05, 0) is 25.0 Å². The third-order valence-electron chi connectivity index (χ3n) is 3.92. The highest BCUT2D eigenvalue weighted by Crippen LogP contribution is 2.19. The van der Waals surface area contributed by atoms with E-state index >= 15 is 0 Å². The third-order valence-corrected chi connectivity index (χ3v) is 3.92. The Kier molecular flexibility index (Phi) is 10.1. The second kappa shape index (κ2) is 11.5. The van der Waals surface area contributed by atoms with Crippen LogP contribution >= 0.6 is 24.0 Å². The minimum atomic E-state index is -4.39. The van der Waals surface area contributed by atoms with Gasteiger partial charge in [0.2, 0.25) is 5.88 Å². The SMILES string of the molecule is CCNC(=NCc1ccnc(OCC(F)(F)F)c1)N1CCC(COC)C1.I. The van der Waals surface area contributed by atoms with Gasteiger partial charge >= 0.3 is 6.18 Å². The fourth-order valence-corrected chi connectivity index (χ4v) is 2.77. The predicted molar refractivity (Wildman–Crippen MR) is 108 cm³/mol. The fraction of sp³-hybridized carbons (Fsp3) is 0.647. The van der Waals surface area contributed by atoms with Gasteiger partial charge in [-0.3, -0.25) is 0 Å². The van der Waals surface area contributed by atoms with Crippen molar-refractivity contribution in [1.82, 2.24) is 15.2 Å². The van der Waals surface area contributed by atoms with E-state index in [4.69, 9.17) is 4.74 Å². The summed E-state index contributed by atoms with van der Waals surface area (Å²) in [7, 11) is 1.70. The molecular formula is C17H26F3IN4O2. The maximum atomic E-state index is 12.2. The smallest absolute Gasteiger partial charge is 0.422 e. The highest BCUT2D eigenvalue weighted by atomic mass is 127. The summed E-state index contributed by atoms with van der Waals surface area (Å²) < 4.78 is 46.6. The lowest BCUT2D eigenvalue weighted by Crippen LogP contribution is -2.40. The average molecular weight is 502 g/mol. The van der Waals surface area contributed by atoms with Crippen molar-refractivity contribution in [2.45, 2.75) is 26.1 Å². The molecule has 1 aromatic rings. The van der Waals surface area contributed by atoms with E-state index in [1.165, 1.54) is 12.3 Å². The third kappa shape index (κ3) is 8.50. The minimum absolute atomic E-state index is 0. The monoisotopic (exact) mass is 502 g/mol. The Morgan fingerprint density at radius 1 is 1.44 bits per heavy atom. The molecule has 0 aliphatic carbocycles. The van der Waals surface area contributed by atoms with E-state index in [2.05, 4.69) is 24.9 Å². The maximum Gasteiger partial charge on any atom is 0.422 e. The Morgan fingerprint density at radius 2 is 2.22 bits per heavy atom. The van der Waals surface area contributed by atoms with Crippen molar-refractivity contribution in [1.29, 1.82) is 0 Å². The molecule has 10 heteroatoms. The molecule has 1 aromatic heterocycles. The van der Waals surface area contributed by atoms with E-state index in [-0.39, 0.29) is 29.9 Å². The first kappa shape index (κ1) is 23.7. The van der Waals surface area contributed by atoms with Crippen LogP contribution < -0.4 is 10.1 Å². The number of pyridine rings is 1. The van der Waals surface area contributed by atoms with Crippen molar-refractivity contribution in [3.8, 4) is 5.88 Å². The van der Waals surface area contributed by atoms with Crippen LogP contribution in [0.1, 0.15) is 18.9 Å². The number of methoxy groups -OCH3 is 1. The number of aromatic nitrogens is 1. The molecule has 2 heterocycles. The molecule has 154 valence electrons. The van der Waals surface area contributed by atoms with Gasteiger partial charge in [-0.15, -0.1) is 24.0 Å². The summed E-state index contributed by atoms with van der Waals surface area (Å²) in [6.07, 6.45) is -1.92. The summed E-state index contributed by atoms with van der Waals surface area (Å²) in [5.74, 6) is 1.22. The molecule has 27 heavy (non-hydrogen) atoms. The Balaban J connectivity index is 0.00000364. The second-order valence-corrected chi connectivity index (χ2v) is 6.13. The minimum Gasteiger partial charge on any atom is -0.468 e. The van der Waals surface area contributed by atoms with E-state index in [0.717, 1.165) is 44.2 Å². The summed E-state index contributed by atoms with van der Waals surface area (Å²) >= 11 is 0. The van der Waals surface area contributed by atoms with Gasteiger partial charge in [-0.2, -0.15) is 13.2 Å². The van der Waals surface area contributed by atoms with Crippen molar-refractivity contribution >= 4 is 29.9 Å². The molecule has 0 amide bonds. The number of likely N-dealkylation sites (tertiary alicyclic amines) is 1. The molecule has 0 spiro atoms. The molecule has 1 aliphatic rings. The summed E-state index contributed by atoms with van der Waals surface area (Å²) in [6.45, 7) is 4.20. The van der Waals surface area contributed by atoms with E-state index in [9.17, 15) is 13.2 Å². The molecule has 0 bridgehead atoms. The Hall–Kier alpha value is -1.30. The molecule has 1 aliphatic heterocycles.